The van der Waals surface area contributed by atoms with Crippen molar-refractivity contribution in [3.05, 3.63) is 34.2 Å². The topological polar surface area (TPSA) is 48.7 Å². The van der Waals surface area contributed by atoms with Gasteiger partial charge in [0.2, 0.25) is 0 Å². The number of hydrogen-bond acceptors (Lipinski definition) is 4. The van der Waals surface area contributed by atoms with Crippen molar-refractivity contribution < 1.29 is 13.9 Å². The van der Waals surface area contributed by atoms with Gasteiger partial charge in [0.05, 0.1) is 25.7 Å². The zero-order chi connectivity index (χ0) is 11.7. The molecule has 1 aromatic heterocycles. The summed E-state index contributed by atoms with van der Waals surface area (Å²) < 4.78 is 15.5. The van der Waals surface area contributed by atoms with E-state index in [9.17, 15) is 4.79 Å². The molecular weight excluding hydrogens is 208 g/mol. The van der Waals surface area contributed by atoms with E-state index in [-0.39, 0.29) is 0 Å². The molecule has 0 bridgehead atoms. The number of methoxy groups -OCH3 is 2. The number of ether oxygens (including phenoxy) is 2. The molecule has 2 rings (SSSR count). The normalized spacial score (nSPS) is 10.4. The molecule has 2 aromatic rings. The Balaban J connectivity index is 2.88. The maximum Gasteiger partial charge on any atom is 0.339 e. The molecule has 0 unspecified atom stereocenters. The van der Waals surface area contributed by atoms with E-state index in [0.29, 0.717) is 17.1 Å². The van der Waals surface area contributed by atoms with Crippen LogP contribution in [0, 0.1) is 6.92 Å². The lowest BCUT2D eigenvalue weighted by Gasteiger charge is -2.08. The van der Waals surface area contributed by atoms with Crippen molar-refractivity contribution in [2.24, 2.45) is 0 Å². The zero-order valence-electron chi connectivity index (χ0n) is 9.37. The van der Waals surface area contributed by atoms with Crippen LogP contribution in [0.5, 0.6) is 11.5 Å². The molecule has 0 saturated heterocycles. The van der Waals surface area contributed by atoms with Crippen molar-refractivity contribution in [2.75, 3.05) is 14.2 Å². The second-order valence-electron chi connectivity index (χ2n) is 3.40. The minimum absolute atomic E-state index is 0.430. The van der Waals surface area contributed by atoms with E-state index >= 15 is 0 Å². The molecular formula is C12H12O4. The minimum Gasteiger partial charge on any atom is -0.496 e. The Labute approximate surface area is 92.4 Å². The summed E-state index contributed by atoms with van der Waals surface area (Å²) in [5, 5.41) is 0.764. The van der Waals surface area contributed by atoms with E-state index in [2.05, 4.69) is 0 Å². The molecule has 0 saturated carbocycles. The van der Waals surface area contributed by atoms with Crippen LogP contribution in [0.2, 0.25) is 0 Å². The molecule has 0 atom stereocenters. The molecule has 0 aliphatic heterocycles. The summed E-state index contributed by atoms with van der Waals surface area (Å²) in [6.45, 7) is 1.84. The monoisotopic (exact) mass is 220 g/mol. The van der Waals surface area contributed by atoms with E-state index in [4.69, 9.17) is 13.9 Å². The van der Waals surface area contributed by atoms with Gasteiger partial charge in [0.25, 0.3) is 0 Å². The maximum atomic E-state index is 11.3. The average molecular weight is 220 g/mol. The van der Waals surface area contributed by atoms with Gasteiger partial charge < -0.3 is 13.9 Å². The van der Waals surface area contributed by atoms with E-state index in [1.165, 1.54) is 13.2 Å². The van der Waals surface area contributed by atoms with Gasteiger partial charge in [-0.25, -0.2) is 4.79 Å². The highest BCUT2D eigenvalue weighted by Crippen LogP contribution is 2.31. The molecule has 84 valence electrons. The largest absolute Gasteiger partial charge is 0.496 e. The van der Waals surface area contributed by atoms with Crippen LogP contribution in [0.15, 0.2) is 27.4 Å². The molecule has 0 spiro atoms. The fourth-order valence-electron chi connectivity index (χ4n) is 1.70. The first-order chi connectivity index (χ1) is 7.67. The highest BCUT2D eigenvalue weighted by atomic mass is 16.5. The van der Waals surface area contributed by atoms with Gasteiger partial charge in [0.15, 0.2) is 0 Å². The van der Waals surface area contributed by atoms with Crippen LogP contribution in [0.1, 0.15) is 5.56 Å². The average Bonchev–Trinajstić information content (AvgIpc) is 2.29. The summed E-state index contributed by atoms with van der Waals surface area (Å²) in [5.41, 5.74) is 0.861. The number of hydrogen-bond donors (Lipinski definition) is 0. The minimum atomic E-state index is -0.430. The van der Waals surface area contributed by atoms with E-state index in [0.717, 1.165) is 10.9 Å². The van der Waals surface area contributed by atoms with Crippen molar-refractivity contribution in [1.29, 1.82) is 0 Å². The molecule has 0 amide bonds. The number of benzene rings is 1. The Bertz CT molecular complexity index is 583. The summed E-state index contributed by atoms with van der Waals surface area (Å²) in [7, 11) is 3.10. The third-order valence-electron chi connectivity index (χ3n) is 2.51. The number of rotatable bonds is 2. The molecule has 16 heavy (non-hydrogen) atoms. The Morgan fingerprint density at radius 3 is 2.44 bits per heavy atom. The molecule has 0 aliphatic rings. The molecule has 1 heterocycles. The summed E-state index contributed by atoms with van der Waals surface area (Å²) in [4.78, 5) is 11.3. The van der Waals surface area contributed by atoms with Gasteiger partial charge >= 0.3 is 5.63 Å². The molecule has 0 fully saturated rings. The van der Waals surface area contributed by atoms with Gasteiger partial charge in [-0.2, -0.15) is 0 Å². The lowest BCUT2D eigenvalue weighted by molar-refractivity contribution is 0.406. The highest BCUT2D eigenvalue weighted by molar-refractivity contribution is 5.87. The third kappa shape index (κ3) is 1.52. The van der Waals surface area contributed by atoms with Crippen molar-refractivity contribution in [3.63, 3.8) is 0 Å². The molecule has 4 nitrogen and oxygen atoms in total. The first-order valence-corrected chi connectivity index (χ1v) is 4.83. The summed E-state index contributed by atoms with van der Waals surface area (Å²) in [5.74, 6) is 1.20. The van der Waals surface area contributed by atoms with E-state index in [1.807, 2.05) is 19.1 Å². The first kappa shape index (κ1) is 10.5. The van der Waals surface area contributed by atoms with Gasteiger partial charge in [-0.1, -0.05) is 0 Å². The number of aryl methyl sites for hydroxylation is 1. The quantitative estimate of drug-likeness (QED) is 0.727. The van der Waals surface area contributed by atoms with E-state index < -0.39 is 5.63 Å². The van der Waals surface area contributed by atoms with Gasteiger partial charge in [-0.05, 0) is 19.1 Å². The van der Waals surface area contributed by atoms with Crippen molar-refractivity contribution in [2.45, 2.75) is 6.92 Å². The van der Waals surface area contributed by atoms with Gasteiger partial charge in [-0.3, -0.25) is 0 Å². The second kappa shape index (κ2) is 3.89. The predicted molar refractivity (Wildman–Crippen MR) is 60.3 cm³/mol. The summed E-state index contributed by atoms with van der Waals surface area (Å²) in [6, 6.07) is 4.96. The van der Waals surface area contributed by atoms with Gasteiger partial charge in [0.1, 0.15) is 17.1 Å². The number of fused-ring (bicyclic) bond motifs is 1. The van der Waals surface area contributed by atoms with Gasteiger partial charge in [0, 0.05) is 5.56 Å². The van der Waals surface area contributed by atoms with Crippen LogP contribution in [0.4, 0.5) is 0 Å². The molecule has 0 N–H and O–H groups in total. The highest BCUT2D eigenvalue weighted by Gasteiger charge is 2.11. The maximum absolute atomic E-state index is 11.3. The third-order valence-corrected chi connectivity index (χ3v) is 2.51. The van der Waals surface area contributed by atoms with Crippen LogP contribution in [0.25, 0.3) is 11.0 Å². The molecule has 0 aliphatic carbocycles. The Hall–Kier alpha value is -1.97. The molecule has 1 aromatic carbocycles. The van der Waals surface area contributed by atoms with Gasteiger partial charge in [-0.15, -0.1) is 0 Å². The van der Waals surface area contributed by atoms with Crippen LogP contribution >= 0.6 is 0 Å². The Kier molecular flexibility index (Phi) is 2.56. The smallest absolute Gasteiger partial charge is 0.339 e. The van der Waals surface area contributed by atoms with E-state index in [1.54, 1.807) is 7.11 Å². The Morgan fingerprint density at radius 1 is 1.12 bits per heavy atom. The second-order valence-corrected chi connectivity index (χ2v) is 3.40. The lowest BCUT2D eigenvalue weighted by Crippen LogP contribution is -2.00. The van der Waals surface area contributed by atoms with Crippen molar-refractivity contribution in [3.8, 4) is 11.5 Å². The van der Waals surface area contributed by atoms with Crippen LogP contribution in [-0.2, 0) is 0 Å². The first-order valence-electron chi connectivity index (χ1n) is 4.83. The van der Waals surface area contributed by atoms with Crippen LogP contribution in [0.3, 0.4) is 0 Å². The fourth-order valence-corrected chi connectivity index (χ4v) is 1.70. The predicted octanol–water partition coefficient (Wildman–Crippen LogP) is 2.12. The zero-order valence-corrected chi connectivity index (χ0v) is 9.37. The SMILES string of the molecule is COc1ccc2c(OC)cc(=O)oc2c1C. The lowest BCUT2D eigenvalue weighted by atomic mass is 10.1. The molecule has 0 radical (unpaired) electrons. The molecule has 4 heteroatoms. The van der Waals surface area contributed by atoms with Crippen LogP contribution in [-0.4, -0.2) is 14.2 Å². The van der Waals surface area contributed by atoms with Crippen LogP contribution < -0.4 is 15.1 Å². The van der Waals surface area contributed by atoms with Crippen molar-refractivity contribution >= 4 is 11.0 Å². The Morgan fingerprint density at radius 2 is 1.81 bits per heavy atom. The summed E-state index contributed by atoms with van der Waals surface area (Å²) in [6.07, 6.45) is 0. The fraction of sp³-hybridized carbons (Fsp3) is 0.250. The van der Waals surface area contributed by atoms with Crippen molar-refractivity contribution in [1.82, 2.24) is 0 Å². The standard InChI is InChI=1S/C12H12O4/c1-7-9(14-2)5-4-8-10(15-3)6-11(13)16-12(7)8/h4-6H,1-3H3. The summed E-state index contributed by atoms with van der Waals surface area (Å²) >= 11 is 0.